The topological polar surface area (TPSA) is 70.6 Å². The molecule has 0 radical (unpaired) electrons. The summed E-state index contributed by atoms with van der Waals surface area (Å²) in [7, 11) is 1.65. The summed E-state index contributed by atoms with van der Waals surface area (Å²) in [5.74, 6) is 1.65. The van der Waals surface area contributed by atoms with Gasteiger partial charge in [-0.05, 0) is 36.6 Å². The molecule has 3 aromatic rings. The Morgan fingerprint density at radius 2 is 1.84 bits per heavy atom. The van der Waals surface area contributed by atoms with Gasteiger partial charge < -0.3 is 19.9 Å². The molecular formula is C23H25N5O2S. The number of urea groups is 1. The average molecular weight is 436 g/mol. The van der Waals surface area contributed by atoms with Gasteiger partial charge in [-0.2, -0.15) is 0 Å². The van der Waals surface area contributed by atoms with E-state index in [0.29, 0.717) is 26.2 Å². The Labute approximate surface area is 186 Å². The van der Waals surface area contributed by atoms with E-state index in [1.807, 2.05) is 65.8 Å². The largest absolute Gasteiger partial charge is 0.497 e. The van der Waals surface area contributed by atoms with Crippen molar-refractivity contribution in [2.75, 3.05) is 49.8 Å². The van der Waals surface area contributed by atoms with E-state index >= 15 is 0 Å². The summed E-state index contributed by atoms with van der Waals surface area (Å²) < 4.78 is 5.31. The van der Waals surface area contributed by atoms with Crippen molar-refractivity contribution in [2.24, 2.45) is 0 Å². The molecule has 0 aliphatic carbocycles. The van der Waals surface area contributed by atoms with Gasteiger partial charge in [0.05, 0.1) is 12.8 Å². The highest BCUT2D eigenvalue weighted by Crippen LogP contribution is 2.25. The van der Waals surface area contributed by atoms with Gasteiger partial charge in [-0.1, -0.05) is 18.2 Å². The van der Waals surface area contributed by atoms with Crippen LogP contribution in [-0.2, 0) is 0 Å². The van der Waals surface area contributed by atoms with Gasteiger partial charge in [0, 0.05) is 48.4 Å². The van der Waals surface area contributed by atoms with Gasteiger partial charge in [0.1, 0.15) is 17.9 Å². The number of nitrogens with one attached hydrogen (secondary N) is 1. The van der Waals surface area contributed by atoms with Crippen LogP contribution in [0.4, 0.5) is 16.3 Å². The average Bonchev–Trinajstić information content (AvgIpc) is 2.84. The van der Waals surface area contributed by atoms with Crippen molar-refractivity contribution in [3.63, 3.8) is 0 Å². The number of thioether (sulfide) groups is 1. The Balaban J connectivity index is 1.39. The molecule has 0 bridgehead atoms. The highest BCUT2D eigenvalue weighted by Gasteiger charge is 2.22. The summed E-state index contributed by atoms with van der Waals surface area (Å²) in [6.45, 7) is 2.69. The molecule has 31 heavy (non-hydrogen) atoms. The van der Waals surface area contributed by atoms with E-state index in [4.69, 9.17) is 4.74 Å². The molecule has 0 spiro atoms. The smallest absolute Gasteiger partial charge is 0.321 e. The standard InChI is InChI=1S/C23H25N5O2S/c1-30-19-7-3-5-17(13-19)21-15-22(25-16-24-21)27-9-11-28(12-10-27)23(29)26-18-6-4-8-20(14-18)31-2/h3-8,13-16H,9-12H2,1-2H3,(H,26,29). The number of piperazine rings is 1. The molecule has 7 nitrogen and oxygen atoms in total. The number of hydrogen-bond donors (Lipinski definition) is 1. The number of hydrogen-bond acceptors (Lipinski definition) is 6. The lowest BCUT2D eigenvalue weighted by atomic mass is 10.1. The highest BCUT2D eigenvalue weighted by molar-refractivity contribution is 7.98. The minimum absolute atomic E-state index is 0.0716. The Morgan fingerprint density at radius 1 is 1.03 bits per heavy atom. The summed E-state index contributed by atoms with van der Waals surface area (Å²) in [6.07, 6.45) is 3.61. The van der Waals surface area contributed by atoms with Gasteiger partial charge in [-0.25, -0.2) is 14.8 Å². The zero-order chi connectivity index (χ0) is 21.6. The molecule has 2 heterocycles. The van der Waals surface area contributed by atoms with Gasteiger partial charge >= 0.3 is 6.03 Å². The predicted octanol–water partition coefficient (Wildman–Crippen LogP) is 4.23. The predicted molar refractivity (Wildman–Crippen MR) is 125 cm³/mol. The second-order valence-electron chi connectivity index (χ2n) is 7.13. The van der Waals surface area contributed by atoms with E-state index in [2.05, 4.69) is 20.2 Å². The molecule has 2 amide bonds. The molecule has 1 fully saturated rings. The fourth-order valence-electron chi connectivity index (χ4n) is 3.50. The Bertz CT molecular complexity index is 1050. The molecular weight excluding hydrogens is 410 g/mol. The first kappa shape index (κ1) is 21.0. The first-order valence-electron chi connectivity index (χ1n) is 10.1. The quantitative estimate of drug-likeness (QED) is 0.605. The second kappa shape index (κ2) is 9.70. The molecule has 1 aliphatic rings. The van der Waals surface area contributed by atoms with Gasteiger partial charge in [-0.3, -0.25) is 0 Å². The number of amides is 2. The minimum atomic E-state index is -0.0716. The molecule has 1 N–H and O–H groups in total. The maximum atomic E-state index is 12.7. The van der Waals surface area contributed by atoms with Crippen LogP contribution in [0.3, 0.4) is 0 Å². The van der Waals surface area contributed by atoms with E-state index < -0.39 is 0 Å². The van der Waals surface area contributed by atoms with Crippen LogP contribution in [0.2, 0.25) is 0 Å². The maximum Gasteiger partial charge on any atom is 0.321 e. The summed E-state index contributed by atoms with van der Waals surface area (Å²) >= 11 is 1.65. The molecule has 0 unspecified atom stereocenters. The SMILES string of the molecule is COc1cccc(-c2cc(N3CCN(C(=O)Nc4cccc(SC)c4)CC3)ncn2)c1. The Hall–Kier alpha value is -3.26. The third-order valence-corrected chi connectivity index (χ3v) is 5.96. The van der Waals surface area contributed by atoms with E-state index in [1.165, 1.54) is 0 Å². The number of benzene rings is 2. The van der Waals surface area contributed by atoms with E-state index in [9.17, 15) is 4.79 Å². The van der Waals surface area contributed by atoms with Crippen LogP contribution in [0.5, 0.6) is 5.75 Å². The number of aromatic nitrogens is 2. The van der Waals surface area contributed by atoms with Crippen molar-refractivity contribution in [3.05, 3.63) is 60.9 Å². The monoisotopic (exact) mass is 435 g/mol. The molecule has 4 rings (SSSR count). The van der Waals surface area contributed by atoms with Crippen molar-refractivity contribution in [2.45, 2.75) is 4.90 Å². The van der Waals surface area contributed by atoms with Crippen LogP contribution in [-0.4, -0.2) is 60.4 Å². The van der Waals surface area contributed by atoms with Crippen molar-refractivity contribution >= 4 is 29.3 Å². The number of rotatable bonds is 5. The van der Waals surface area contributed by atoms with Crippen LogP contribution in [0.1, 0.15) is 0 Å². The number of nitrogens with zero attached hydrogens (tertiary/aromatic N) is 4. The Kier molecular flexibility index (Phi) is 6.57. The van der Waals surface area contributed by atoms with Gasteiger partial charge in [0.2, 0.25) is 0 Å². The second-order valence-corrected chi connectivity index (χ2v) is 8.01. The lowest BCUT2D eigenvalue weighted by Gasteiger charge is -2.35. The number of carbonyl (C=O) groups is 1. The first-order chi connectivity index (χ1) is 15.2. The normalized spacial score (nSPS) is 13.7. The van der Waals surface area contributed by atoms with Gasteiger partial charge in [0.15, 0.2) is 0 Å². The van der Waals surface area contributed by atoms with Crippen molar-refractivity contribution in [1.82, 2.24) is 14.9 Å². The van der Waals surface area contributed by atoms with E-state index in [-0.39, 0.29) is 6.03 Å². The van der Waals surface area contributed by atoms with Crippen molar-refractivity contribution in [1.29, 1.82) is 0 Å². The minimum Gasteiger partial charge on any atom is -0.497 e. The van der Waals surface area contributed by atoms with Crippen molar-refractivity contribution < 1.29 is 9.53 Å². The van der Waals surface area contributed by atoms with E-state index in [0.717, 1.165) is 33.4 Å². The molecule has 1 aliphatic heterocycles. The number of anilines is 2. The molecule has 8 heteroatoms. The molecule has 2 aromatic carbocycles. The van der Waals surface area contributed by atoms with Crippen LogP contribution < -0.4 is 15.0 Å². The molecule has 160 valence electrons. The number of carbonyl (C=O) groups excluding carboxylic acids is 1. The fourth-order valence-corrected chi connectivity index (χ4v) is 3.96. The summed E-state index contributed by atoms with van der Waals surface area (Å²) in [5.41, 5.74) is 2.64. The van der Waals surface area contributed by atoms with E-state index in [1.54, 1.807) is 25.2 Å². The van der Waals surface area contributed by atoms with Gasteiger partial charge in [-0.15, -0.1) is 11.8 Å². The van der Waals surface area contributed by atoms with Crippen molar-refractivity contribution in [3.8, 4) is 17.0 Å². The molecule has 1 saturated heterocycles. The third-order valence-electron chi connectivity index (χ3n) is 5.23. The summed E-state index contributed by atoms with van der Waals surface area (Å²) in [5, 5.41) is 3.00. The maximum absolute atomic E-state index is 12.7. The summed E-state index contributed by atoms with van der Waals surface area (Å²) in [6, 6.07) is 17.6. The van der Waals surface area contributed by atoms with Crippen LogP contribution in [0.15, 0.2) is 65.8 Å². The van der Waals surface area contributed by atoms with Gasteiger partial charge in [0.25, 0.3) is 0 Å². The molecule has 1 aromatic heterocycles. The zero-order valence-electron chi connectivity index (χ0n) is 17.6. The lowest BCUT2D eigenvalue weighted by Crippen LogP contribution is -2.50. The molecule has 0 saturated carbocycles. The van der Waals surface area contributed by atoms with Crippen LogP contribution in [0, 0.1) is 0 Å². The number of methoxy groups -OCH3 is 1. The third kappa shape index (κ3) is 5.08. The lowest BCUT2D eigenvalue weighted by molar-refractivity contribution is 0.208. The van der Waals surface area contributed by atoms with Crippen LogP contribution >= 0.6 is 11.8 Å². The number of ether oxygens (including phenoxy) is 1. The van der Waals surface area contributed by atoms with Crippen LogP contribution in [0.25, 0.3) is 11.3 Å². The fraction of sp³-hybridized carbons (Fsp3) is 0.261. The molecule has 0 atom stereocenters. The Morgan fingerprint density at radius 3 is 2.61 bits per heavy atom. The zero-order valence-corrected chi connectivity index (χ0v) is 18.4. The first-order valence-corrected chi connectivity index (χ1v) is 11.3. The highest BCUT2D eigenvalue weighted by atomic mass is 32.2. The summed E-state index contributed by atoms with van der Waals surface area (Å²) in [4.78, 5) is 26.7.